The van der Waals surface area contributed by atoms with E-state index in [-0.39, 0.29) is 12.0 Å². The van der Waals surface area contributed by atoms with Crippen molar-refractivity contribution in [2.45, 2.75) is 84.9 Å². The molecule has 4 aromatic rings. The summed E-state index contributed by atoms with van der Waals surface area (Å²) in [4.78, 5) is 18.5. The summed E-state index contributed by atoms with van der Waals surface area (Å²) in [6, 6.07) is 29.8. The lowest BCUT2D eigenvalue weighted by molar-refractivity contribution is 0.0224. The Labute approximate surface area is 268 Å². The topological polar surface area (TPSA) is 42.0 Å². The van der Waals surface area contributed by atoms with Gasteiger partial charge in [0.2, 0.25) is 0 Å². The first-order chi connectivity index (χ1) is 21.8. The summed E-state index contributed by atoms with van der Waals surface area (Å²) in [6.07, 6.45) is 4.42. The van der Waals surface area contributed by atoms with E-state index in [1.165, 1.54) is 5.56 Å². The smallest absolute Gasteiger partial charge is 0.340 e. The minimum absolute atomic E-state index is 0.161. The number of carbonyl (C=O) groups excluding carboxylic acids is 1. The highest BCUT2D eigenvalue weighted by Crippen LogP contribution is 2.57. The lowest BCUT2D eigenvalue weighted by atomic mass is 9.77. The lowest BCUT2D eigenvalue weighted by Gasteiger charge is -2.40. The Balaban J connectivity index is 1.54. The van der Waals surface area contributed by atoms with Gasteiger partial charge in [0.1, 0.15) is 11.5 Å². The van der Waals surface area contributed by atoms with Crippen LogP contribution in [0.5, 0.6) is 11.5 Å². The molecule has 5 nitrogen and oxygen atoms in total. The Bertz CT molecular complexity index is 1680. The van der Waals surface area contributed by atoms with Crippen LogP contribution in [0.25, 0.3) is 0 Å². The Kier molecular flexibility index (Phi) is 8.63. The molecule has 0 fully saturated rings. The van der Waals surface area contributed by atoms with E-state index in [0.29, 0.717) is 11.6 Å². The molecule has 0 radical (unpaired) electrons. The molecule has 2 unspecified atom stereocenters. The third kappa shape index (κ3) is 5.37. The predicted octanol–water partition coefficient (Wildman–Crippen LogP) is 9.95. The molecule has 2 aliphatic heterocycles. The number of esters is 1. The second kappa shape index (κ2) is 12.6. The van der Waals surface area contributed by atoms with Crippen molar-refractivity contribution >= 4 is 17.3 Å². The van der Waals surface area contributed by atoms with Crippen molar-refractivity contribution in [3.63, 3.8) is 0 Å². The Morgan fingerprint density at radius 3 is 2.11 bits per heavy atom. The minimum Gasteiger partial charge on any atom is -0.456 e. The van der Waals surface area contributed by atoms with Crippen molar-refractivity contribution in [2.24, 2.45) is 0 Å². The average Bonchev–Trinajstić information content (AvgIpc) is 3.34. The predicted molar refractivity (Wildman–Crippen MR) is 184 cm³/mol. The summed E-state index contributed by atoms with van der Waals surface area (Å²) in [7, 11) is 0. The number of anilines is 2. The van der Waals surface area contributed by atoms with Crippen LogP contribution in [0.3, 0.4) is 0 Å². The number of aryl methyl sites for hydroxylation is 1. The fourth-order valence-electron chi connectivity index (χ4n) is 7.06. The maximum absolute atomic E-state index is 13.6. The number of fused-ring (bicyclic) bond motifs is 6. The molecule has 2 atom stereocenters. The van der Waals surface area contributed by atoms with Gasteiger partial charge in [-0.1, -0.05) is 75.2 Å². The molecule has 234 valence electrons. The van der Waals surface area contributed by atoms with Crippen LogP contribution < -0.4 is 14.5 Å². The molecule has 2 heterocycles. The average molecular weight is 603 g/mol. The van der Waals surface area contributed by atoms with Crippen LogP contribution in [-0.2, 0) is 10.3 Å². The van der Waals surface area contributed by atoms with Gasteiger partial charge in [-0.2, -0.15) is 0 Å². The Hall–Kier alpha value is -4.25. The molecule has 4 aromatic carbocycles. The molecule has 0 saturated heterocycles. The van der Waals surface area contributed by atoms with E-state index in [2.05, 4.69) is 112 Å². The van der Waals surface area contributed by atoms with Gasteiger partial charge in [-0.25, -0.2) is 4.79 Å². The van der Waals surface area contributed by atoms with Gasteiger partial charge < -0.3 is 19.3 Å². The van der Waals surface area contributed by atoms with Crippen LogP contribution in [0.1, 0.15) is 105 Å². The van der Waals surface area contributed by atoms with Gasteiger partial charge in [-0.15, -0.1) is 0 Å². The largest absolute Gasteiger partial charge is 0.456 e. The van der Waals surface area contributed by atoms with E-state index in [1.54, 1.807) is 0 Å². The SMILES string of the molecule is CCCCN(c1ccc2c(c1)Oc1cc(C)c(N(CCCC)C(C)c3ccccc3)cc1C21OC(=O)c2ccccc21)C(C)C. The zero-order chi connectivity index (χ0) is 31.7. The third-order valence-corrected chi connectivity index (χ3v) is 9.53. The molecule has 0 N–H and O–H groups in total. The van der Waals surface area contributed by atoms with E-state index < -0.39 is 5.60 Å². The van der Waals surface area contributed by atoms with Gasteiger partial charge in [0.05, 0.1) is 11.6 Å². The number of nitrogens with zero attached hydrogens (tertiary/aromatic N) is 2. The molecule has 5 heteroatoms. The van der Waals surface area contributed by atoms with Gasteiger partial charge in [-0.05, 0) is 82.0 Å². The molecule has 0 saturated carbocycles. The van der Waals surface area contributed by atoms with Crippen LogP contribution in [0.2, 0.25) is 0 Å². The van der Waals surface area contributed by atoms with Crippen molar-refractivity contribution in [3.8, 4) is 11.5 Å². The molecule has 1 spiro atoms. The number of rotatable bonds is 11. The Morgan fingerprint density at radius 1 is 0.733 bits per heavy atom. The fourth-order valence-corrected chi connectivity index (χ4v) is 7.06. The van der Waals surface area contributed by atoms with Crippen molar-refractivity contribution in [1.82, 2.24) is 0 Å². The molecular weight excluding hydrogens is 556 g/mol. The number of benzene rings is 4. The Morgan fingerprint density at radius 2 is 1.40 bits per heavy atom. The molecule has 6 rings (SSSR count). The molecule has 45 heavy (non-hydrogen) atoms. The van der Waals surface area contributed by atoms with Gasteiger partial charge in [0.25, 0.3) is 0 Å². The molecule has 0 bridgehead atoms. The highest BCUT2D eigenvalue weighted by molar-refractivity contribution is 5.97. The monoisotopic (exact) mass is 602 g/mol. The van der Waals surface area contributed by atoms with Crippen LogP contribution in [0.15, 0.2) is 84.9 Å². The molecule has 0 aliphatic carbocycles. The maximum Gasteiger partial charge on any atom is 0.340 e. The van der Waals surface area contributed by atoms with Crippen molar-refractivity contribution in [3.05, 3.63) is 118 Å². The van der Waals surface area contributed by atoms with Crippen LogP contribution in [-0.4, -0.2) is 25.1 Å². The third-order valence-electron chi connectivity index (χ3n) is 9.53. The molecule has 0 aromatic heterocycles. The quantitative estimate of drug-likeness (QED) is 0.160. The van der Waals surface area contributed by atoms with E-state index in [4.69, 9.17) is 9.47 Å². The van der Waals surface area contributed by atoms with Crippen molar-refractivity contribution in [1.29, 1.82) is 0 Å². The molecule has 2 aliphatic rings. The van der Waals surface area contributed by atoms with Crippen LogP contribution >= 0.6 is 0 Å². The fraction of sp³-hybridized carbons (Fsp3) is 0.375. The molecular formula is C40H46N2O3. The van der Waals surface area contributed by atoms with Crippen molar-refractivity contribution in [2.75, 3.05) is 22.9 Å². The highest BCUT2D eigenvalue weighted by Gasteiger charge is 2.54. The van der Waals surface area contributed by atoms with Gasteiger partial charge in [-0.3, -0.25) is 0 Å². The number of carbonyl (C=O) groups is 1. The van der Waals surface area contributed by atoms with E-state index >= 15 is 0 Å². The summed E-state index contributed by atoms with van der Waals surface area (Å²) < 4.78 is 13.4. The second-order valence-corrected chi connectivity index (χ2v) is 12.8. The van der Waals surface area contributed by atoms with Crippen molar-refractivity contribution < 1.29 is 14.3 Å². The summed E-state index contributed by atoms with van der Waals surface area (Å²) in [5.74, 6) is 1.17. The number of unbranched alkanes of at least 4 members (excludes halogenated alkanes) is 2. The van der Waals surface area contributed by atoms with E-state index in [1.807, 2.05) is 24.3 Å². The number of hydrogen-bond donors (Lipinski definition) is 0. The van der Waals surface area contributed by atoms with Gasteiger partial charge in [0, 0.05) is 53.3 Å². The highest BCUT2D eigenvalue weighted by atomic mass is 16.6. The normalized spacial score (nSPS) is 16.9. The lowest BCUT2D eigenvalue weighted by Crippen LogP contribution is -2.35. The van der Waals surface area contributed by atoms with Crippen LogP contribution in [0, 0.1) is 6.92 Å². The van der Waals surface area contributed by atoms with Crippen LogP contribution in [0.4, 0.5) is 11.4 Å². The van der Waals surface area contributed by atoms with E-state index in [9.17, 15) is 4.79 Å². The molecule has 0 amide bonds. The van der Waals surface area contributed by atoms with Gasteiger partial charge in [0.15, 0.2) is 5.60 Å². The second-order valence-electron chi connectivity index (χ2n) is 12.8. The first-order valence-corrected chi connectivity index (χ1v) is 16.7. The zero-order valence-corrected chi connectivity index (χ0v) is 27.6. The summed E-state index contributed by atoms with van der Waals surface area (Å²) in [5.41, 5.74) is 6.75. The van der Waals surface area contributed by atoms with Gasteiger partial charge >= 0.3 is 5.97 Å². The zero-order valence-electron chi connectivity index (χ0n) is 27.6. The van der Waals surface area contributed by atoms with E-state index in [0.717, 1.165) is 83.9 Å². The minimum atomic E-state index is -1.10. The first-order valence-electron chi connectivity index (χ1n) is 16.7. The summed E-state index contributed by atoms with van der Waals surface area (Å²) in [6.45, 7) is 15.2. The number of hydrogen-bond acceptors (Lipinski definition) is 5. The maximum atomic E-state index is 13.6. The number of ether oxygens (including phenoxy) is 2. The summed E-state index contributed by atoms with van der Waals surface area (Å²) >= 11 is 0. The first kappa shape index (κ1) is 30.8. The summed E-state index contributed by atoms with van der Waals surface area (Å²) in [5, 5.41) is 0. The standard InChI is InChI=1S/C40H46N2O3/c1-7-9-22-41(27(3)4)31-20-21-34-38(25-31)44-37-24-28(5)36(42(23-10-8-2)29(6)30-16-12-11-13-17-30)26-35(37)40(34)33-19-15-14-18-32(33)39(43)45-40/h11-21,24-27,29H,7-10,22-23H2,1-6H3.